The Kier molecular flexibility index (Phi) is 4.70. The topological polar surface area (TPSA) is 63.8 Å². The second-order valence-corrected chi connectivity index (χ2v) is 6.32. The minimum absolute atomic E-state index is 0.240. The van der Waals surface area contributed by atoms with Gasteiger partial charge in [0, 0.05) is 6.54 Å². The van der Waals surface area contributed by atoms with Crippen LogP contribution in [0, 0.1) is 0 Å². The van der Waals surface area contributed by atoms with Crippen molar-refractivity contribution in [2.75, 3.05) is 0 Å². The molecule has 0 aromatic carbocycles. The number of aryl methyl sites for hydroxylation is 1. The summed E-state index contributed by atoms with van der Waals surface area (Å²) >= 11 is 4.70. The molecule has 2 heterocycles. The molecule has 2 aromatic rings. The molecular formula is C12H17BrN4OS. The molecule has 0 saturated carbocycles. The highest BCUT2D eigenvalue weighted by atomic mass is 79.9. The first-order valence-corrected chi connectivity index (χ1v) is 7.84. The maximum atomic E-state index is 10.6. The Hall–Kier alpha value is -0.790. The molecule has 0 spiro atoms. The molecule has 0 aliphatic heterocycles. The van der Waals surface area contributed by atoms with Gasteiger partial charge in [0.1, 0.15) is 6.10 Å². The van der Waals surface area contributed by atoms with Crippen molar-refractivity contribution in [3.63, 3.8) is 0 Å². The zero-order valence-corrected chi connectivity index (χ0v) is 13.6. The fourth-order valence-electron chi connectivity index (χ4n) is 1.95. The van der Waals surface area contributed by atoms with Gasteiger partial charge in [-0.2, -0.15) is 5.10 Å². The normalized spacial score (nSPS) is 13.2. The molecule has 2 rings (SSSR count). The van der Waals surface area contributed by atoms with E-state index in [1.807, 2.05) is 18.5 Å². The summed E-state index contributed by atoms with van der Waals surface area (Å²) in [5.74, 6) is 0.240. The fraction of sp³-hybridized carbons (Fsp3) is 0.583. The van der Waals surface area contributed by atoms with Gasteiger partial charge in [-0.25, -0.2) is 0 Å². The summed E-state index contributed by atoms with van der Waals surface area (Å²) in [7, 11) is 0. The molecule has 1 N–H and O–H groups in total. The minimum Gasteiger partial charge on any atom is -0.381 e. The summed E-state index contributed by atoms with van der Waals surface area (Å²) in [5.41, 5.74) is 1.63. The van der Waals surface area contributed by atoms with Crippen LogP contribution >= 0.6 is 27.5 Å². The molecule has 0 aliphatic carbocycles. The van der Waals surface area contributed by atoms with Crippen LogP contribution in [0.25, 0.3) is 0 Å². The molecule has 1 unspecified atom stereocenters. The third kappa shape index (κ3) is 2.88. The number of nitrogens with zero attached hydrogens (tertiary/aromatic N) is 4. The van der Waals surface area contributed by atoms with Crippen molar-refractivity contribution in [1.82, 2.24) is 19.4 Å². The molecule has 0 radical (unpaired) electrons. The van der Waals surface area contributed by atoms with Gasteiger partial charge in [0.2, 0.25) is 0 Å². The van der Waals surface area contributed by atoms with Gasteiger partial charge >= 0.3 is 0 Å². The molecule has 7 heteroatoms. The van der Waals surface area contributed by atoms with E-state index in [0.29, 0.717) is 0 Å². The van der Waals surface area contributed by atoms with E-state index in [9.17, 15) is 5.11 Å². The molecule has 19 heavy (non-hydrogen) atoms. The van der Waals surface area contributed by atoms with Gasteiger partial charge in [0.05, 0.1) is 26.9 Å². The van der Waals surface area contributed by atoms with Gasteiger partial charge in [0.15, 0.2) is 0 Å². The number of halogens is 1. The Labute approximate surface area is 125 Å². The van der Waals surface area contributed by atoms with E-state index in [1.165, 1.54) is 11.5 Å². The number of hydrogen-bond acceptors (Lipinski definition) is 5. The lowest BCUT2D eigenvalue weighted by Crippen LogP contribution is -2.11. The van der Waals surface area contributed by atoms with Crippen molar-refractivity contribution in [3.05, 3.63) is 26.9 Å². The number of aliphatic hydroxyl groups excluding tert-OH is 1. The fourth-order valence-corrected chi connectivity index (χ4v) is 3.26. The lowest BCUT2D eigenvalue weighted by Gasteiger charge is -2.14. The molecule has 104 valence electrons. The van der Waals surface area contributed by atoms with Crippen LogP contribution in [-0.2, 0) is 6.54 Å². The zero-order valence-electron chi connectivity index (χ0n) is 11.2. The predicted octanol–water partition coefficient (Wildman–Crippen LogP) is 3.11. The van der Waals surface area contributed by atoms with E-state index < -0.39 is 6.10 Å². The van der Waals surface area contributed by atoms with E-state index >= 15 is 0 Å². The minimum atomic E-state index is -0.735. The Morgan fingerprint density at radius 2 is 2.21 bits per heavy atom. The van der Waals surface area contributed by atoms with Crippen LogP contribution in [0.5, 0.6) is 0 Å². The Morgan fingerprint density at radius 1 is 1.47 bits per heavy atom. The predicted molar refractivity (Wildman–Crippen MR) is 78.3 cm³/mol. The lowest BCUT2D eigenvalue weighted by molar-refractivity contribution is 0.208. The van der Waals surface area contributed by atoms with Gasteiger partial charge in [-0.15, -0.1) is 5.10 Å². The van der Waals surface area contributed by atoms with E-state index in [4.69, 9.17) is 0 Å². The largest absolute Gasteiger partial charge is 0.381 e. The number of hydrogen-bond donors (Lipinski definition) is 1. The first-order chi connectivity index (χ1) is 9.06. The Bertz CT molecular complexity index is 552. The molecule has 0 saturated heterocycles. The van der Waals surface area contributed by atoms with Crippen LogP contribution in [0.2, 0.25) is 0 Å². The lowest BCUT2D eigenvalue weighted by atomic mass is 10.1. The van der Waals surface area contributed by atoms with Crippen LogP contribution in [0.1, 0.15) is 55.5 Å². The van der Waals surface area contributed by atoms with Crippen LogP contribution in [0.3, 0.4) is 0 Å². The molecule has 0 amide bonds. The summed E-state index contributed by atoms with van der Waals surface area (Å²) in [6.45, 7) is 6.96. The third-order valence-electron chi connectivity index (χ3n) is 2.86. The number of aromatic nitrogens is 4. The third-order valence-corrected chi connectivity index (χ3v) is 4.27. The van der Waals surface area contributed by atoms with Crippen LogP contribution in [-0.4, -0.2) is 24.5 Å². The quantitative estimate of drug-likeness (QED) is 0.904. The maximum absolute atomic E-state index is 10.6. The molecular weight excluding hydrogens is 328 g/mol. The first-order valence-electron chi connectivity index (χ1n) is 6.27. The number of rotatable bonds is 5. The van der Waals surface area contributed by atoms with Gasteiger partial charge in [-0.3, -0.25) is 4.68 Å². The zero-order chi connectivity index (χ0) is 14.0. The van der Waals surface area contributed by atoms with Crippen LogP contribution < -0.4 is 0 Å². The van der Waals surface area contributed by atoms with Crippen molar-refractivity contribution in [3.8, 4) is 0 Å². The van der Waals surface area contributed by atoms with Crippen molar-refractivity contribution in [1.29, 1.82) is 0 Å². The molecule has 0 bridgehead atoms. The standard InChI is InChI=1S/C12H17BrN4OS/c1-4-5-17-10(8(13)6-14-17)11(18)12-9(7(2)3)15-16-19-12/h6-7,11,18H,4-5H2,1-3H3. The Morgan fingerprint density at radius 3 is 2.84 bits per heavy atom. The number of aliphatic hydroxyl groups is 1. The van der Waals surface area contributed by atoms with Crippen molar-refractivity contribution in [2.24, 2.45) is 0 Å². The summed E-state index contributed by atoms with van der Waals surface area (Å²) in [5, 5.41) is 19.0. The van der Waals surface area contributed by atoms with Crippen molar-refractivity contribution >= 4 is 27.5 Å². The van der Waals surface area contributed by atoms with Gasteiger partial charge in [-0.05, 0) is 39.8 Å². The van der Waals surface area contributed by atoms with Gasteiger partial charge in [0.25, 0.3) is 0 Å². The smallest absolute Gasteiger partial charge is 0.134 e. The van der Waals surface area contributed by atoms with Gasteiger partial charge < -0.3 is 5.11 Å². The van der Waals surface area contributed by atoms with Crippen LogP contribution in [0.4, 0.5) is 0 Å². The average Bonchev–Trinajstić information content (AvgIpc) is 2.96. The second kappa shape index (κ2) is 6.11. The molecule has 0 aliphatic rings. The van der Waals surface area contributed by atoms with E-state index in [1.54, 1.807) is 6.20 Å². The van der Waals surface area contributed by atoms with Gasteiger partial charge in [-0.1, -0.05) is 25.3 Å². The average molecular weight is 345 g/mol. The summed E-state index contributed by atoms with van der Waals surface area (Å²) in [6.07, 6.45) is 1.95. The summed E-state index contributed by atoms with van der Waals surface area (Å²) < 4.78 is 6.61. The molecule has 5 nitrogen and oxygen atoms in total. The first kappa shape index (κ1) is 14.6. The molecule has 2 aromatic heterocycles. The highest BCUT2D eigenvalue weighted by Crippen LogP contribution is 2.34. The van der Waals surface area contributed by atoms with Crippen LogP contribution in [0.15, 0.2) is 10.7 Å². The van der Waals surface area contributed by atoms with E-state index in [0.717, 1.165) is 33.7 Å². The highest BCUT2D eigenvalue weighted by Gasteiger charge is 2.25. The SMILES string of the molecule is CCCn1ncc(Br)c1C(O)c1snnc1C(C)C. The monoisotopic (exact) mass is 344 g/mol. The molecule has 1 atom stereocenters. The highest BCUT2D eigenvalue weighted by molar-refractivity contribution is 9.10. The van der Waals surface area contributed by atoms with Crippen molar-refractivity contribution in [2.45, 2.75) is 45.8 Å². The van der Waals surface area contributed by atoms with E-state index in [-0.39, 0.29) is 5.92 Å². The second-order valence-electron chi connectivity index (χ2n) is 4.68. The summed E-state index contributed by atoms with van der Waals surface area (Å²) in [6, 6.07) is 0. The molecule has 0 fully saturated rings. The Balaban J connectivity index is 2.41. The maximum Gasteiger partial charge on any atom is 0.134 e. The summed E-state index contributed by atoms with van der Waals surface area (Å²) in [4.78, 5) is 0.800. The van der Waals surface area contributed by atoms with E-state index in [2.05, 4.69) is 37.5 Å². The van der Waals surface area contributed by atoms with Crippen molar-refractivity contribution < 1.29 is 5.11 Å².